The number of nitrogens with zero attached hydrogens (tertiary/aromatic N) is 6. The average molecular weight is 495 g/mol. The lowest BCUT2D eigenvalue weighted by molar-refractivity contribution is 0.0983. The minimum atomic E-state index is -0.148. The number of piperazine rings is 1. The van der Waals surface area contributed by atoms with Crippen LogP contribution in [-0.2, 0) is 13.1 Å². The van der Waals surface area contributed by atoms with Crippen molar-refractivity contribution in [2.45, 2.75) is 39.4 Å². The molecule has 0 N–H and O–H groups in total. The first-order valence-corrected chi connectivity index (χ1v) is 12.6. The van der Waals surface area contributed by atoms with Gasteiger partial charge in [-0.25, -0.2) is 4.68 Å². The van der Waals surface area contributed by atoms with E-state index in [1.165, 1.54) is 5.56 Å². The molecule has 9 nitrogen and oxygen atoms in total. The van der Waals surface area contributed by atoms with Crippen molar-refractivity contribution in [1.82, 2.24) is 30.0 Å². The zero-order chi connectivity index (χ0) is 25.5. The standard InChI is InChI=1S/C27H38N6O3/c1-20(2)12-13-33-27(28-29-30-33)26(23-18-22(34-3)10-11-25(23)36-5)32-16-14-31(15-17-32)19-21-8-6-7-9-24(21)35-4/h6-11,18,20,26H,12-17,19H2,1-5H3/t26-/m0/s1. The molecule has 4 rings (SSSR count). The summed E-state index contributed by atoms with van der Waals surface area (Å²) in [6.45, 7) is 9.66. The predicted octanol–water partition coefficient (Wildman–Crippen LogP) is 3.65. The molecule has 1 aromatic heterocycles. The quantitative estimate of drug-likeness (QED) is 0.400. The van der Waals surface area contributed by atoms with Crippen molar-refractivity contribution in [3.8, 4) is 17.2 Å². The van der Waals surface area contributed by atoms with E-state index in [1.807, 2.05) is 35.0 Å². The number of methoxy groups -OCH3 is 3. The third-order valence-electron chi connectivity index (χ3n) is 6.81. The Morgan fingerprint density at radius 1 is 0.889 bits per heavy atom. The zero-order valence-electron chi connectivity index (χ0n) is 22.1. The summed E-state index contributed by atoms with van der Waals surface area (Å²) in [5, 5.41) is 12.9. The van der Waals surface area contributed by atoms with Gasteiger partial charge in [0.25, 0.3) is 0 Å². The minimum Gasteiger partial charge on any atom is -0.497 e. The van der Waals surface area contributed by atoms with Crippen LogP contribution in [0.15, 0.2) is 42.5 Å². The van der Waals surface area contributed by atoms with Crippen molar-refractivity contribution in [3.63, 3.8) is 0 Å². The maximum absolute atomic E-state index is 5.79. The molecule has 9 heteroatoms. The molecule has 0 unspecified atom stereocenters. The number of hydrogen-bond donors (Lipinski definition) is 0. The molecule has 0 aliphatic carbocycles. The first-order valence-electron chi connectivity index (χ1n) is 12.6. The summed E-state index contributed by atoms with van der Waals surface area (Å²) in [4.78, 5) is 4.92. The fourth-order valence-corrected chi connectivity index (χ4v) is 4.75. The fourth-order valence-electron chi connectivity index (χ4n) is 4.75. The topological polar surface area (TPSA) is 77.8 Å². The highest BCUT2D eigenvalue weighted by molar-refractivity contribution is 5.44. The van der Waals surface area contributed by atoms with Gasteiger partial charge < -0.3 is 14.2 Å². The highest BCUT2D eigenvalue weighted by atomic mass is 16.5. The van der Waals surface area contributed by atoms with Crippen LogP contribution in [0.2, 0.25) is 0 Å². The Morgan fingerprint density at radius 3 is 2.33 bits per heavy atom. The normalized spacial score (nSPS) is 15.7. The summed E-state index contributed by atoms with van der Waals surface area (Å²) in [6, 6.07) is 14.0. The number of ether oxygens (including phenoxy) is 3. The molecule has 2 heterocycles. The van der Waals surface area contributed by atoms with Crippen molar-refractivity contribution >= 4 is 0 Å². The Hall–Kier alpha value is -3.17. The fraction of sp³-hybridized carbons (Fsp3) is 0.519. The Morgan fingerprint density at radius 2 is 1.64 bits per heavy atom. The molecule has 3 aromatic rings. The summed E-state index contributed by atoms with van der Waals surface area (Å²) in [5.74, 6) is 3.91. The van der Waals surface area contributed by atoms with Crippen molar-refractivity contribution in [3.05, 3.63) is 59.4 Å². The number of tetrazole rings is 1. The Kier molecular flexibility index (Phi) is 8.77. The van der Waals surface area contributed by atoms with Crippen LogP contribution in [0.5, 0.6) is 17.2 Å². The van der Waals surface area contributed by atoms with Gasteiger partial charge in [0.1, 0.15) is 23.3 Å². The molecular formula is C27H38N6O3. The van der Waals surface area contributed by atoms with Crippen LogP contribution in [0.25, 0.3) is 0 Å². The second-order valence-electron chi connectivity index (χ2n) is 9.58. The smallest absolute Gasteiger partial charge is 0.173 e. The van der Waals surface area contributed by atoms with E-state index in [0.29, 0.717) is 5.92 Å². The molecule has 0 radical (unpaired) electrons. The largest absolute Gasteiger partial charge is 0.497 e. The molecular weight excluding hydrogens is 456 g/mol. The minimum absolute atomic E-state index is 0.148. The van der Waals surface area contributed by atoms with Crippen molar-refractivity contribution < 1.29 is 14.2 Å². The number of hydrogen-bond acceptors (Lipinski definition) is 8. The summed E-state index contributed by atoms with van der Waals surface area (Å²) >= 11 is 0. The maximum Gasteiger partial charge on any atom is 0.173 e. The van der Waals surface area contributed by atoms with Crippen molar-refractivity contribution in [1.29, 1.82) is 0 Å². The van der Waals surface area contributed by atoms with E-state index >= 15 is 0 Å². The number of para-hydroxylation sites is 1. The van der Waals surface area contributed by atoms with Crippen LogP contribution in [0.4, 0.5) is 0 Å². The number of benzene rings is 2. The molecule has 1 saturated heterocycles. The molecule has 194 valence electrons. The molecule has 1 aliphatic heterocycles. The molecule has 36 heavy (non-hydrogen) atoms. The number of aromatic nitrogens is 4. The van der Waals surface area contributed by atoms with E-state index < -0.39 is 0 Å². The average Bonchev–Trinajstić information content (AvgIpc) is 3.37. The Labute approximate surface area is 213 Å². The summed E-state index contributed by atoms with van der Waals surface area (Å²) in [5.41, 5.74) is 2.22. The van der Waals surface area contributed by atoms with Crippen LogP contribution >= 0.6 is 0 Å². The number of rotatable bonds is 11. The second kappa shape index (κ2) is 12.2. The molecule has 1 aliphatic rings. The Bertz CT molecular complexity index is 1110. The molecule has 0 bridgehead atoms. The van der Waals surface area contributed by atoms with Gasteiger partial charge in [-0.05, 0) is 47.0 Å². The summed E-state index contributed by atoms with van der Waals surface area (Å²) in [7, 11) is 5.12. The van der Waals surface area contributed by atoms with Crippen molar-refractivity contribution in [2.24, 2.45) is 5.92 Å². The van der Waals surface area contributed by atoms with Gasteiger partial charge in [-0.15, -0.1) is 5.10 Å². The molecule has 1 fully saturated rings. The first kappa shape index (κ1) is 25.9. The molecule has 2 aromatic carbocycles. The monoisotopic (exact) mass is 494 g/mol. The van der Waals surface area contributed by atoms with Crippen LogP contribution < -0.4 is 14.2 Å². The van der Waals surface area contributed by atoms with Crippen LogP contribution in [-0.4, -0.2) is 77.5 Å². The SMILES string of the molecule is COc1ccc(OC)c([C@@H](c2nnnn2CCC(C)C)N2CCN(Cc3ccccc3OC)CC2)c1. The van der Waals surface area contributed by atoms with E-state index in [1.54, 1.807) is 21.3 Å². The summed E-state index contributed by atoms with van der Waals surface area (Å²) in [6.07, 6.45) is 1.01. The van der Waals surface area contributed by atoms with E-state index in [0.717, 1.165) is 74.3 Å². The van der Waals surface area contributed by atoms with Gasteiger partial charge in [0.05, 0.1) is 21.3 Å². The second-order valence-corrected chi connectivity index (χ2v) is 9.58. The maximum atomic E-state index is 5.79. The van der Waals surface area contributed by atoms with Gasteiger partial charge in [0, 0.05) is 50.4 Å². The van der Waals surface area contributed by atoms with E-state index in [9.17, 15) is 0 Å². The first-order chi connectivity index (χ1) is 17.5. The van der Waals surface area contributed by atoms with Gasteiger partial charge in [-0.3, -0.25) is 9.80 Å². The highest BCUT2D eigenvalue weighted by Gasteiger charge is 2.33. The molecule has 0 amide bonds. The molecule has 0 spiro atoms. The van der Waals surface area contributed by atoms with Gasteiger partial charge >= 0.3 is 0 Å². The lowest BCUT2D eigenvalue weighted by Crippen LogP contribution is -2.48. The van der Waals surface area contributed by atoms with Crippen LogP contribution in [0.3, 0.4) is 0 Å². The van der Waals surface area contributed by atoms with Crippen molar-refractivity contribution in [2.75, 3.05) is 47.5 Å². The van der Waals surface area contributed by atoms with Gasteiger partial charge in [0.15, 0.2) is 5.82 Å². The van der Waals surface area contributed by atoms with Crippen LogP contribution in [0.1, 0.15) is 43.3 Å². The number of aryl methyl sites for hydroxylation is 1. The van der Waals surface area contributed by atoms with Gasteiger partial charge in [-0.2, -0.15) is 0 Å². The lowest BCUT2D eigenvalue weighted by Gasteiger charge is -2.39. The molecule has 1 atom stereocenters. The predicted molar refractivity (Wildman–Crippen MR) is 139 cm³/mol. The highest BCUT2D eigenvalue weighted by Crippen LogP contribution is 2.37. The molecule has 0 saturated carbocycles. The van der Waals surface area contributed by atoms with E-state index in [-0.39, 0.29) is 6.04 Å². The van der Waals surface area contributed by atoms with Crippen LogP contribution in [0, 0.1) is 5.92 Å². The van der Waals surface area contributed by atoms with Gasteiger partial charge in [-0.1, -0.05) is 32.0 Å². The summed E-state index contributed by atoms with van der Waals surface area (Å²) < 4.78 is 18.9. The van der Waals surface area contributed by atoms with Gasteiger partial charge in [0.2, 0.25) is 0 Å². The lowest BCUT2D eigenvalue weighted by atomic mass is 10.0. The Balaban J connectivity index is 1.61. The zero-order valence-corrected chi connectivity index (χ0v) is 22.1. The third kappa shape index (κ3) is 5.96. The third-order valence-corrected chi connectivity index (χ3v) is 6.81. The van der Waals surface area contributed by atoms with E-state index in [2.05, 4.69) is 51.3 Å². The van der Waals surface area contributed by atoms with E-state index in [4.69, 9.17) is 14.2 Å².